The van der Waals surface area contributed by atoms with Gasteiger partial charge in [0.1, 0.15) is 5.75 Å². The zero-order valence-electron chi connectivity index (χ0n) is 17.7. The molecule has 2 aromatic carbocycles. The molecule has 0 unspecified atom stereocenters. The SMILES string of the molecule is CCOC(=O)c1cccc(N=C2SC(=Cc3cc(Cl)ccc3OC(C)C)C(=O)N2C)c1. The van der Waals surface area contributed by atoms with Gasteiger partial charge in [-0.05, 0) is 75.0 Å². The molecule has 162 valence electrons. The van der Waals surface area contributed by atoms with Gasteiger partial charge < -0.3 is 9.47 Å². The number of rotatable bonds is 6. The van der Waals surface area contributed by atoms with Crippen LogP contribution in [0.2, 0.25) is 5.02 Å². The van der Waals surface area contributed by atoms with E-state index in [1.54, 1.807) is 62.5 Å². The minimum absolute atomic E-state index is 0.0169. The van der Waals surface area contributed by atoms with Crippen molar-refractivity contribution in [3.63, 3.8) is 0 Å². The third kappa shape index (κ3) is 5.68. The van der Waals surface area contributed by atoms with Crippen molar-refractivity contribution in [1.82, 2.24) is 4.90 Å². The second-order valence-electron chi connectivity index (χ2n) is 6.99. The number of carbonyl (C=O) groups excluding carboxylic acids is 2. The fraction of sp³-hybridized carbons (Fsp3) is 0.261. The van der Waals surface area contributed by atoms with Gasteiger partial charge in [-0.25, -0.2) is 9.79 Å². The molecule has 1 heterocycles. The largest absolute Gasteiger partial charge is 0.490 e. The first-order chi connectivity index (χ1) is 14.8. The van der Waals surface area contributed by atoms with Crippen LogP contribution in [0.25, 0.3) is 6.08 Å². The molecule has 1 fully saturated rings. The van der Waals surface area contributed by atoms with Crippen LogP contribution >= 0.6 is 23.4 Å². The van der Waals surface area contributed by atoms with E-state index in [1.807, 2.05) is 13.8 Å². The molecule has 0 atom stereocenters. The summed E-state index contributed by atoms with van der Waals surface area (Å²) in [6, 6.07) is 12.1. The van der Waals surface area contributed by atoms with Crippen molar-refractivity contribution in [3.8, 4) is 5.75 Å². The van der Waals surface area contributed by atoms with E-state index in [2.05, 4.69) is 4.99 Å². The molecule has 0 spiro atoms. The second-order valence-corrected chi connectivity index (χ2v) is 8.43. The quantitative estimate of drug-likeness (QED) is 0.420. The van der Waals surface area contributed by atoms with Crippen molar-refractivity contribution in [2.24, 2.45) is 4.99 Å². The van der Waals surface area contributed by atoms with Crippen LogP contribution in [0.15, 0.2) is 52.4 Å². The Labute approximate surface area is 190 Å². The molecule has 1 aliphatic rings. The van der Waals surface area contributed by atoms with Crippen molar-refractivity contribution < 1.29 is 19.1 Å². The number of amides is 1. The maximum Gasteiger partial charge on any atom is 0.338 e. The molecule has 1 aliphatic heterocycles. The van der Waals surface area contributed by atoms with Crippen LogP contribution in [0.5, 0.6) is 5.75 Å². The first-order valence-corrected chi connectivity index (χ1v) is 11.0. The summed E-state index contributed by atoms with van der Waals surface area (Å²) < 4.78 is 10.9. The molecule has 1 saturated heterocycles. The number of ether oxygens (including phenoxy) is 2. The van der Waals surface area contributed by atoms with E-state index in [9.17, 15) is 9.59 Å². The van der Waals surface area contributed by atoms with Gasteiger partial charge in [0, 0.05) is 17.6 Å². The van der Waals surface area contributed by atoms with E-state index in [4.69, 9.17) is 21.1 Å². The maximum atomic E-state index is 12.8. The van der Waals surface area contributed by atoms with Crippen LogP contribution in [-0.2, 0) is 9.53 Å². The lowest BCUT2D eigenvalue weighted by molar-refractivity contribution is -0.121. The summed E-state index contributed by atoms with van der Waals surface area (Å²) in [7, 11) is 1.66. The van der Waals surface area contributed by atoms with Gasteiger partial charge in [-0.2, -0.15) is 0 Å². The summed E-state index contributed by atoms with van der Waals surface area (Å²) >= 11 is 7.40. The van der Waals surface area contributed by atoms with Crippen LogP contribution in [0.3, 0.4) is 0 Å². The Morgan fingerprint density at radius 1 is 1.26 bits per heavy atom. The van der Waals surface area contributed by atoms with Gasteiger partial charge in [-0.15, -0.1) is 0 Å². The predicted molar refractivity (Wildman–Crippen MR) is 125 cm³/mol. The number of amidine groups is 1. The highest BCUT2D eigenvalue weighted by Crippen LogP contribution is 2.35. The number of carbonyl (C=O) groups is 2. The first-order valence-electron chi connectivity index (χ1n) is 9.78. The highest BCUT2D eigenvalue weighted by molar-refractivity contribution is 8.18. The fourth-order valence-corrected chi connectivity index (χ4v) is 3.97. The molecule has 0 radical (unpaired) electrons. The molecular formula is C23H23ClN2O4S. The Balaban J connectivity index is 1.91. The van der Waals surface area contributed by atoms with Gasteiger partial charge in [0.25, 0.3) is 5.91 Å². The minimum atomic E-state index is -0.410. The van der Waals surface area contributed by atoms with Crippen LogP contribution in [0, 0.1) is 0 Å². The number of halogens is 1. The Hall–Kier alpha value is -2.77. The topological polar surface area (TPSA) is 68.2 Å². The smallest absolute Gasteiger partial charge is 0.338 e. The molecule has 0 aliphatic carbocycles. The average Bonchev–Trinajstić information content (AvgIpc) is 2.98. The lowest BCUT2D eigenvalue weighted by Gasteiger charge is -2.13. The normalized spacial score (nSPS) is 16.5. The Kier molecular flexibility index (Phi) is 7.41. The number of benzene rings is 2. The fourth-order valence-electron chi connectivity index (χ4n) is 2.81. The van der Waals surface area contributed by atoms with E-state index < -0.39 is 5.97 Å². The highest BCUT2D eigenvalue weighted by atomic mass is 35.5. The summed E-state index contributed by atoms with van der Waals surface area (Å²) in [4.78, 5) is 31.3. The number of nitrogens with zero attached hydrogens (tertiary/aromatic N) is 2. The van der Waals surface area contributed by atoms with Gasteiger partial charge >= 0.3 is 5.97 Å². The second kappa shape index (κ2) is 10.0. The van der Waals surface area contributed by atoms with E-state index in [-0.39, 0.29) is 12.0 Å². The number of aliphatic imine (C=N–C) groups is 1. The average molecular weight is 459 g/mol. The number of likely N-dealkylation sites (N-methyl/N-ethyl adjacent to an activating group) is 1. The van der Waals surface area contributed by atoms with Gasteiger partial charge in [-0.3, -0.25) is 9.69 Å². The van der Waals surface area contributed by atoms with E-state index in [0.29, 0.717) is 38.7 Å². The van der Waals surface area contributed by atoms with Crippen LogP contribution in [0.4, 0.5) is 5.69 Å². The zero-order chi connectivity index (χ0) is 22.5. The van der Waals surface area contributed by atoms with Crippen molar-refractivity contribution in [3.05, 3.63) is 63.5 Å². The van der Waals surface area contributed by atoms with Crippen molar-refractivity contribution in [1.29, 1.82) is 0 Å². The lowest BCUT2D eigenvalue weighted by Crippen LogP contribution is -2.23. The molecule has 31 heavy (non-hydrogen) atoms. The summed E-state index contributed by atoms with van der Waals surface area (Å²) in [5.41, 5.74) is 1.68. The Bertz CT molecular complexity index is 1070. The van der Waals surface area contributed by atoms with E-state index >= 15 is 0 Å². The van der Waals surface area contributed by atoms with Gasteiger partial charge in [-0.1, -0.05) is 17.7 Å². The molecule has 3 rings (SSSR count). The van der Waals surface area contributed by atoms with Crippen molar-refractivity contribution in [2.45, 2.75) is 26.9 Å². The predicted octanol–water partition coefficient (Wildman–Crippen LogP) is 5.54. The maximum absolute atomic E-state index is 12.8. The molecule has 0 bridgehead atoms. The summed E-state index contributed by atoms with van der Waals surface area (Å²) in [6.07, 6.45) is 1.74. The molecular weight excluding hydrogens is 436 g/mol. The highest BCUT2D eigenvalue weighted by Gasteiger charge is 2.30. The van der Waals surface area contributed by atoms with Crippen LogP contribution in [0.1, 0.15) is 36.7 Å². The molecule has 2 aromatic rings. The van der Waals surface area contributed by atoms with Gasteiger partial charge in [0.15, 0.2) is 5.17 Å². The minimum Gasteiger partial charge on any atom is -0.490 e. The first kappa shape index (κ1) is 22.9. The molecule has 8 heteroatoms. The monoisotopic (exact) mass is 458 g/mol. The Morgan fingerprint density at radius 2 is 2.03 bits per heavy atom. The van der Waals surface area contributed by atoms with Crippen molar-refractivity contribution in [2.75, 3.05) is 13.7 Å². The molecule has 0 saturated carbocycles. The lowest BCUT2D eigenvalue weighted by atomic mass is 10.1. The van der Waals surface area contributed by atoms with Crippen LogP contribution in [-0.4, -0.2) is 41.7 Å². The van der Waals surface area contributed by atoms with Gasteiger partial charge in [0.05, 0.1) is 28.9 Å². The summed E-state index contributed by atoms with van der Waals surface area (Å²) in [5, 5.41) is 1.06. The van der Waals surface area contributed by atoms with E-state index in [1.165, 1.54) is 16.7 Å². The number of thioether (sulfide) groups is 1. The Morgan fingerprint density at radius 3 is 2.74 bits per heavy atom. The van der Waals surface area contributed by atoms with E-state index in [0.717, 1.165) is 5.56 Å². The van der Waals surface area contributed by atoms with Crippen LogP contribution < -0.4 is 4.74 Å². The number of hydrogen-bond donors (Lipinski definition) is 0. The summed E-state index contributed by atoms with van der Waals surface area (Å²) in [5.74, 6) is 0.0588. The third-order valence-corrected chi connectivity index (χ3v) is 5.50. The molecule has 1 amide bonds. The van der Waals surface area contributed by atoms with Crippen molar-refractivity contribution >= 4 is 52.2 Å². The summed E-state index contributed by atoms with van der Waals surface area (Å²) in [6.45, 7) is 5.92. The zero-order valence-corrected chi connectivity index (χ0v) is 19.3. The number of hydrogen-bond acceptors (Lipinski definition) is 6. The molecule has 0 aromatic heterocycles. The molecule has 6 nitrogen and oxygen atoms in total. The third-order valence-electron chi connectivity index (χ3n) is 4.21. The number of esters is 1. The van der Waals surface area contributed by atoms with Gasteiger partial charge in [0.2, 0.25) is 0 Å². The standard InChI is InChI=1S/C23H23ClN2O4S/c1-5-29-22(28)15-7-6-8-18(12-15)25-23-26(4)21(27)20(31-23)13-16-11-17(24)9-10-19(16)30-14(2)3/h6-14H,5H2,1-4H3. The molecule has 0 N–H and O–H groups in total.